The van der Waals surface area contributed by atoms with Crippen molar-refractivity contribution in [1.29, 1.82) is 0 Å². The molecule has 0 atom stereocenters. The fourth-order valence-electron chi connectivity index (χ4n) is 1.99. The monoisotopic (exact) mass is 222 g/mol. The Balaban J connectivity index is 2.16. The summed E-state index contributed by atoms with van der Waals surface area (Å²) in [6.07, 6.45) is 0. The minimum atomic E-state index is 0.182. The normalized spacial score (nSPS) is 17.6. The first-order chi connectivity index (χ1) is 7.68. The molecular formula is C12H18N2O2. The third-order valence-corrected chi connectivity index (χ3v) is 3.05. The van der Waals surface area contributed by atoms with Gasteiger partial charge >= 0.3 is 0 Å². The van der Waals surface area contributed by atoms with E-state index in [4.69, 9.17) is 0 Å². The number of aromatic hydroxyl groups is 2. The number of hydrogen-bond donors (Lipinski definition) is 3. The Morgan fingerprint density at radius 1 is 1.25 bits per heavy atom. The van der Waals surface area contributed by atoms with Crippen LogP contribution in [0.15, 0.2) is 12.1 Å². The summed E-state index contributed by atoms with van der Waals surface area (Å²) < 4.78 is 0. The van der Waals surface area contributed by atoms with Gasteiger partial charge in [-0.3, -0.25) is 4.90 Å². The maximum atomic E-state index is 9.91. The van der Waals surface area contributed by atoms with Crippen LogP contribution in [0.2, 0.25) is 0 Å². The molecule has 0 radical (unpaired) electrons. The zero-order valence-electron chi connectivity index (χ0n) is 9.53. The van der Waals surface area contributed by atoms with Crippen molar-refractivity contribution in [2.24, 2.45) is 0 Å². The number of benzene rings is 1. The minimum absolute atomic E-state index is 0.182. The van der Waals surface area contributed by atoms with Crippen LogP contribution in [0.5, 0.6) is 11.5 Å². The van der Waals surface area contributed by atoms with Crippen LogP contribution in [0, 0.1) is 6.92 Å². The molecule has 0 unspecified atom stereocenters. The highest BCUT2D eigenvalue weighted by atomic mass is 16.3. The fourth-order valence-corrected chi connectivity index (χ4v) is 1.99. The summed E-state index contributed by atoms with van der Waals surface area (Å²) in [5, 5.41) is 22.9. The number of rotatable bonds is 2. The Morgan fingerprint density at radius 2 is 1.94 bits per heavy atom. The third kappa shape index (κ3) is 2.28. The van der Waals surface area contributed by atoms with Gasteiger partial charge in [0.2, 0.25) is 0 Å². The molecule has 0 aromatic heterocycles. The summed E-state index contributed by atoms with van der Waals surface area (Å²) in [6, 6.07) is 3.37. The second kappa shape index (κ2) is 4.72. The van der Waals surface area contributed by atoms with Crippen molar-refractivity contribution in [1.82, 2.24) is 10.2 Å². The van der Waals surface area contributed by atoms with E-state index in [-0.39, 0.29) is 11.5 Å². The molecule has 1 aliphatic heterocycles. The Labute approximate surface area is 95.5 Å². The van der Waals surface area contributed by atoms with Gasteiger partial charge in [-0.25, -0.2) is 0 Å². The van der Waals surface area contributed by atoms with Crippen LogP contribution >= 0.6 is 0 Å². The summed E-state index contributed by atoms with van der Waals surface area (Å²) in [5.41, 5.74) is 1.45. The molecule has 1 saturated heterocycles. The number of piperazine rings is 1. The van der Waals surface area contributed by atoms with Crippen molar-refractivity contribution in [3.8, 4) is 11.5 Å². The topological polar surface area (TPSA) is 55.7 Å². The zero-order valence-corrected chi connectivity index (χ0v) is 9.53. The maximum absolute atomic E-state index is 9.91. The quantitative estimate of drug-likeness (QED) is 0.693. The van der Waals surface area contributed by atoms with Gasteiger partial charge < -0.3 is 15.5 Å². The van der Waals surface area contributed by atoms with Gasteiger partial charge in [-0.2, -0.15) is 0 Å². The summed E-state index contributed by atoms with van der Waals surface area (Å²) in [4.78, 5) is 2.23. The molecule has 0 spiro atoms. The van der Waals surface area contributed by atoms with Crippen LogP contribution in [0.3, 0.4) is 0 Å². The first-order valence-electron chi connectivity index (χ1n) is 5.62. The van der Waals surface area contributed by atoms with Gasteiger partial charge in [-0.1, -0.05) is 6.07 Å². The Kier molecular flexibility index (Phi) is 3.31. The van der Waals surface area contributed by atoms with Crippen molar-refractivity contribution in [3.63, 3.8) is 0 Å². The first kappa shape index (κ1) is 11.2. The molecule has 1 heterocycles. The van der Waals surface area contributed by atoms with Gasteiger partial charge in [0.1, 0.15) is 11.5 Å². The van der Waals surface area contributed by atoms with Crippen molar-refractivity contribution in [3.05, 3.63) is 23.3 Å². The molecule has 1 fully saturated rings. The maximum Gasteiger partial charge on any atom is 0.126 e. The van der Waals surface area contributed by atoms with E-state index >= 15 is 0 Å². The lowest BCUT2D eigenvalue weighted by molar-refractivity contribution is 0.227. The van der Waals surface area contributed by atoms with E-state index in [1.54, 1.807) is 12.1 Å². The minimum Gasteiger partial charge on any atom is -0.507 e. The number of hydrogen-bond acceptors (Lipinski definition) is 4. The summed E-state index contributed by atoms with van der Waals surface area (Å²) >= 11 is 0. The van der Waals surface area contributed by atoms with Gasteiger partial charge in [0.15, 0.2) is 0 Å². The molecule has 0 amide bonds. The number of nitrogens with one attached hydrogen (secondary N) is 1. The standard InChI is InChI=1S/C12H18N2O2/c1-9-2-3-11(15)10(12(9)16)8-14-6-4-13-5-7-14/h2-3,13,15-16H,4-8H2,1H3. The summed E-state index contributed by atoms with van der Waals surface area (Å²) in [6.45, 7) is 6.29. The van der Waals surface area contributed by atoms with Crippen LogP contribution in [0.1, 0.15) is 11.1 Å². The highest BCUT2D eigenvalue weighted by molar-refractivity contribution is 5.47. The van der Waals surface area contributed by atoms with E-state index in [2.05, 4.69) is 10.2 Å². The van der Waals surface area contributed by atoms with Crippen molar-refractivity contribution in [2.45, 2.75) is 13.5 Å². The molecule has 1 aromatic carbocycles. The average Bonchev–Trinajstić information content (AvgIpc) is 2.31. The number of phenolic OH excluding ortho intramolecular Hbond substituents is 2. The predicted molar refractivity (Wildman–Crippen MR) is 62.7 cm³/mol. The molecule has 4 heteroatoms. The number of nitrogens with zero attached hydrogens (tertiary/aromatic N) is 1. The Hall–Kier alpha value is -1.26. The largest absolute Gasteiger partial charge is 0.507 e. The van der Waals surface area contributed by atoms with Gasteiger partial charge in [-0.05, 0) is 18.6 Å². The molecule has 1 aromatic rings. The first-order valence-corrected chi connectivity index (χ1v) is 5.62. The zero-order chi connectivity index (χ0) is 11.5. The van der Waals surface area contributed by atoms with Crippen LogP contribution in [-0.4, -0.2) is 41.3 Å². The molecule has 88 valence electrons. The molecule has 0 saturated carbocycles. The van der Waals surface area contributed by atoms with E-state index in [0.717, 1.165) is 31.7 Å². The van der Waals surface area contributed by atoms with Crippen LogP contribution in [-0.2, 0) is 6.54 Å². The number of phenols is 2. The lowest BCUT2D eigenvalue weighted by Gasteiger charge is -2.27. The highest BCUT2D eigenvalue weighted by Gasteiger charge is 2.15. The second-order valence-corrected chi connectivity index (χ2v) is 4.25. The van der Waals surface area contributed by atoms with Crippen LogP contribution in [0.25, 0.3) is 0 Å². The average molecular weight is 222 g/mol. The van der Waals surface area contributed by atoms with Gasteiger partial charge in [0, 0.05) is 38.3 Å². The lowest BCUT2D eigenvalue weighted by atomic mass is 10.1. The van der Waals surface area contributed by atoms with E-state index in [1.165, 1.54) is 0 Å². The third-order valence-electron chi connectivity index (χ3n) is 3.05. The summed E-state index contributed by atoms with van der Waals surface area (Å²) in [5.74, 6) is 0.403. The van der Waals surface area contributed by atoms with Gasteiger partial charge in [0.05, 0.1) is 0 Å². The Bertz CT molecular complexity index is 374. The SMILES string of the molecule is Cc1ccc(O)c(CN2CCNCC2)c1O. The van der Waals surface area contributed by atoms with Crippen molar-refractivity contribution in [2.75, 3.05) is 26.2 Å². The molecule has 3 N–H and O–H groups in total. The molecule has 0 aliphatic carbocycles. The van der Waals surface area contributed by atoms with Gasteiger partial charge in [-0.15, -0.1) is 0 Å². The van der Waals surface area contributed by atoms with Crippen LogP contribution < -0.4 is 5.32 Å². The molecule has 0 bridgehead atoms. The van der Waals surface area contributed by atoms with E-state index in [1.807, 2.05) is 6.92 Å². The summed E-state index contributed by atoms with van der Waals surface area (Å²) in [7, 11) is 0. The molecule has 4 nitrogen and oxygen atoms in total. The van der Waals surface area contributed by atoms with Gasteiger partial charge in [0.25, 0.3) is 0 Å². The van der Waals surface area contributed by atoms with E-state index < -0.39 is 0 Å². The molecular weight excluding hydrogens is 204 g/mol. The van der Waals surface area contributed by atoms with E-state index in [0.29, 0.717) is 12.1 Å². The predicted octanol–water partition coefficient (Wildman–Crippen LogP) is 0.811. The number of aryl methyl sites for hydroxylation is 1. The smallest absolute Gasteiger partial charge is 0.126 e. The highest BCUT2D eigenvalue weighted by Crippen LogP contribution is 2.31. The lowest BCUT2D eigenvalue weighted by Crippen LogP contribution is -2.42. The van der Waals surface area contributed by atoms with E-state index in [9.17, 15) is 10.2 Å². The van der Waals surface area contributed by atoms with Crippen molar-refractivity contribution >= 4 is 0 Å². The molecule has 16 heavy (non-hydrogen) atoms. The van der Waals surface area contributed by atoms with Crippen LogP contribution in [0.4, 0.5) is 0 Å². The molecule has 1 aliphatic rings. The molecule has 2 rings (SSSR count). The van der Waals surface area contributed by atoms with Crippen molar-refractivity contribution < 1.29 is 10.2 Å². The fraction of sp³-hybridized carbons (Fsp3) is 0.500. The Morgan fingerprint density at radius 3 is 2.62 bits per heavy atom. The second-order valence-electron chi connectivity index (χ2n) is 4.25.